The predicted molar refractivity (Wildman–Crippen MR) is 40.9 cm³/mol. The van der Waals surface area contributed by atoms with Gasteiger partial charge in [-0.05, 0) is 6.92 Å². The summed E-state index contributed by atoms with van der Waals surface area (Å²) in [6, 6.07) is 0.488. The van der Waals surface area contributed by atoms with Crippen LogP contribution in [0.15, 0.2) is 10.2 Å². The Morgan fingerprint density at radius 1 is 1.10 bits per heavy atom. The third-order valence-electron chi connectivity index (χ3n) is 2.33. The second kappa shape index (κ2) is 2.08. The number of hydrogen-bond acceptors (Lipinski definition) is 2. The van der Waals surface area contributed by atoms with Gasteiger partial charge >= 0.3 is 0 Å². The molecule has 1 fully saturated rings. The molecule has 0 aromatic carbocycles. The minimum absolute atomic E-state index is 0.0142. The third-order valence-corrected chi connectivity index (χ3v) is 3.55. The smallest absolute Gasteiger partial charge is 0.0949 e. The molecule has 2 aliphatic rings. The van der Waals surface area contributed by atoms with Gasteiger partial charge in [0, 0.05) is 5.92 Å². The summed E-state index contributed by atoms with van der Waals surface area (Å²) < 4.78 is 0. The molecule has 0 spiro atoms. The van der Waals surface area contributed by atoms with Crippen molar-refractivity contribution in [1.29, 1.82) is 0 Å². The molecule has 0 saturated heterocycles. The fraction of sp³-hybridized carbons (Fsp3) is 1.00. The summed E-state index contributed by atoms with van der Waals surface area (Å²) in [4.78, 5) is 0. The minimum Gasteiger partial charge on any atom is -0.190 e. The Balaban J connectivity index is 2.15. The molecule has 5 atom stereocenters. The van der Waals surface area contributed by atoms with Crippen molar-refractivity contribution in [2.24, 2.45) is 16.1 Å². The highest BCUT2D eigenvalue weighted by Gasteiger charge is 2.54. The Morgan fingerprint density at radius 2 is 1.80 bits per heavy atom. The summed E-state index contributed by atoms with van der Waals surface area (Å²) in [5, 5.41) is 8.14. The summed E-state index contributed by atoms with van der Waals surface area (Å²) in [6.45, 7) is 2.03. The van der Waals surface area contributed by atoms with Gasteiger partial charge < -0.3 is 0 Å². The molecule has 0 radical (unpaired) electrons. The van der Waals surface area contributed by atoms with Crippen LogP contribution in [-0.4, -0.2) is 22.8 Å². The van der Waals surface area contributed by atoms with Crippen molar-refractivity contribution in [3.8, 4) is 0 Å². The van der Waals surface area contributed by atoms with Crippen LogP contribution < -0.4 is 0 Å². The van der Waals surface area contributed by atoms with E-state index in [2.05, 4.69) is 10.2 Å². The molecule has 0 N–H and O–H groups in total. The average Bonchev–Trinajstić information content (AvgIpc) is 2.27. The Morgan fingerprint density at radius 3 is 2.40 bits per heavy atom. The molecule has 0 amide bonds. The van der Waals surface area contributed by atoms with Crippen molar-refractivity contribution in [3.05, 3.63) is 0 Å². The highest BCUT2D eigenvalue weighted by atomic mass is 35.5. The Labute approximate surface area is 69.6 Å². The van der Waals surface area contributed by atoms with E-state index in [1.807, 2.05) is 6.92 Å². The maximum absolute atomic E-state index is 5.94. The molecule has 56 valence electrons. The van der Waals surface area contributed by atoms with Crippen LogP contribution in [-0.2, 0) is 0 Å². The van der Waals surface area contributed by atoms with E-state index in [1.165, 1.54) is 0 Å². The summed E-state index contributed by atoms with van der Waals surface area (Å²) in [6.07, 6.45) is 0. The van der Waals surface area contributed by atoms with Crippen molar-refractivity contribution in [1.82, 2.24) is 0 Å². The second-order valence-corrected chi connectivity index (χ2v) is 3.94. The van der Waals surface area contributed by atoms with E-state index in [0.29, 0.717) is 5.92 Å². The molecular formula is C6H8Cl2N2. The number of hydrogen-bond donors (Lipinski definition) is 0. The van der Waals surface area contributed by atoms with Crippen LogP contribution >= 0.6 is 23.2 Å². The molecule has 2 rings (SSSR count). The van der Waals surface area contributed by atoms with Crippen LogP contribution in [0.5, 0.6) is 0 Å². The van der Waals surface area contributed by atoms with Crippen LogP contribution in [0.4, 0.5) is 0 Å². The van der Waals surface area contributed by atoms with E-state index in [-0.39, 0.29) is 22.8 Å². The lowest BCUT2D eigenvalue weighted by Gasteiger charge is -2.40. The monoisotopic (exact) mass is 178 g/mol. The zero-order valence-electron chi connectivity index (χ0n) is 5.54. The first-order chi connectivity index (χ1) is 4.72. The maximum atomic E-state index is 5.94. The fourth-order valence-corrected chi connectivity index (χ4v) is 2.50. The highest BCUT2D eigenvalue weighted by Crippen LogP contribution is 2.46. The lowest BCUT2D eigenvalue weighted by molar-refractivity contribution is 0.282. The molecule has 0 aromatic rings. The second-order valence-electron chi connectivity index (χ2n) is 2.93. The van der Waals surface area contributed by atoms with Crippen molar-refractivity contribution in [2.45, 2.75) is 29.8 Å². The Bertz CT molecular complexity index is 183. The quantitative estimate of drug-likeness (QED) is 0.508. The van der Waals surface area contributed by atoms with E-state index in [4.69, 9.17) is 23.2 Å². The summed E-state index contributed by atoms with van der Waals surface area (Å²) in [7, 11) is 0. The molecule has 1 heterocycles. The average molecular weight is 179 g/mol. The van der Waals surface area contributed by atoms with Crippen molar-refractivity contribution >= 4 is 23.2 Å². The number of azo groups is 1. The van der Waals surface area contributed by atoms with E-state index >= 15 is 0 Å². The van der Waals surface area contributed by atoms with Crippen LogP contribution in [0.1, 0.15) is 6.92 Å². The highest BCUT2D eigenvalue weighted by molar-refractivity contribution is 6.32. The van der Waals surface area contributed by atoms with Gasteiger partial charge in [0.2, 0.25) is 0 Å². The largest absolute Gasteiger partial charge is 0.190 e. The van der Waals surface area contributed by atoms with Gasteiger partial charge in [-0.25, -0.2) is 0 Å². The van der Waals surface area contributed by atoms with E-state index < -0.39 is 0 Å². The third kappa shape index (κ3) is 0.665. The standard InChI is InChI=1S/C6H8Cl2N2/c1-2-3-4(7)5(8)6(3)10-9-2/h2-6H,1H3/t2-,3-,4+,5+,6-/m1/s1. The van der Waals surface area contributed by atoms with E-state index in [0.717, 1.165) is 0 Å². The molecular weight excluding hydrogens is 171 g/mol. The first kappa shape index (κ1) is 6.86. The fourth-order valence-electron chi connectivity index (χ4n) is 1.61. The minimum atomic E-state index is 0.0142. The number of alkyl halides is 2. The SMILES string of the molecule is C[C@H]1N=N[C@H]2[C@@H](Cl)[C@@H](Cl)[C@H]21. The topological polar surface area (TPSA) is 24.7 Å². The van der Waals surface area contributed by atoms with Crippen LogP contribution in [0.2, 0.25) is 0 Å². The summed E-state index contributed by atoms with van der Waals surface area (Å²) in [5.74, 6) is 0.407. The number of halogens is 2. The van der Waals surface area contributed by atoms with Crippen LogP contribution in [0, 0.1) is 5.92 Å². The molecule has 4 heteroatoms. The number of nitrogens with zero attached hydrogens (tertiary/aromatic N) is 2. The molecule has 1 saturated carbocycles. The van der Waals surface area contributed by atoms with Crippen molar-refractivity contribution in [3.63, 3.8) is 0 Å². The van der Waals surface area contributed by atoms with Crippen LogP contribution in [0.3, 0.4) is 0 Å². The predicted octanol–water partition coefficient (Wildman–Crippen LogP) is 2.05. The van der Waals surface area contributed by atoms with Gasteiger partial charge in [0.05, 0.1) is 22.8 Å². The first-order valence-corrected chi connectivity index (χ1v) is 4.27. The zero-order chi connectivity index (χ0) is 7.30. The molecule has 0 unspecified atom stereocenters. The number of fused-ring (bicyclic) bond motifs is 1. The maximum Gasteiger partial charge on any atom is 0.0949 e. The number of rotatable bonds is 0. The molecule has 0 aromatic heterocycles. The summed E-state index contributed by atoms with van der Waals surface area (Å²) >= 11 is 11.8. The van der Waals surface area contributed by atoms with Crippen molar-refractivity contribution < 1.29 is 0 Å². The van der Waals surface area contributed by atoms with E-state index in [9.17, 15) is 0 Å². The molecule has 2 nitrogen and oxygen atoms in total. The molecule has 1 aliphatic carbocycles. The van der Waals surface area contributed by atoms with Gasteiger partial charge in [0.1, 0.15) is 0 Å². The van der Waals surface area contributed by atoms with Gasteiger partial charge in [0.25, 0.3) is 0 Å². The van der Waals surface area contributed by atoms with Crippen molar-refractivity contribution in [2.75, 3.05) is 0 Å². The van der Waals surface area contributed by atoms with Crippen LogP contribution in [0.25, 0.3) is 0 Å². The Hall–Kier alpha value is 0.180. The summed E-state index contributed by atoms with van der Waals surface area (Å²) in [5.41, 5.74) is 0. The van der Waals surface area contributed by atoms with Gasteiger partial charge in [-0.2, -0.15) is 10.2 Å². The molecule has 10 heavy (non-hydrogen) atoms. The lowest BCUT2D eigenvalue weighted by Crippen LogP contribution is -2.54. The first-order valence-electron chi connectivity index (χ1n) is 3.40. The molecule has 1 aliphatic heterocycles. The molecule has 0 bridgehead atoms. The lowest BCUT2D eigenvalue weighted by atomic mass is 9.76. The normalized spacial score (nSPS) is 58.1. The van der Waals surface area contributed by atoms with Gasteiger partial charge in [-0.3, -0.25) is 0 Å². The van der Waals surface area contributed by atoms with Gasteiger partial charge in [-0.15, -0.1) is 23.2 Å². The van der Waals surface area contributed by atoms with E-state index in [1.54, 1.807) is 0 Å². The van der Waals surface area contributed by atoms with Gasteiger partial charge in [-0.1, -0.05) is 0 Å². The van der Waals surface area contributed by atoms with Gasteiger partial charge in [0.15, 0.2) is 0 Å². The Kier molecular flexibility index (Phi) is 1.43. The zero-order valence-corrected chi connectivity index (χ0v) is 7.05.